The number of nitrogens with two attached hydrogens (primary N) is 1. The van der Waals surface area contributed by atoms with Crippen LogP contribution in [0.25, 0.3) is 0 Å². The van der Waals surface area contributed by atoms with Gasteiger partial charge >= 0.3 is 0 Å². The number of hydrogen-bond acceptors (Lipinski definition) is 3. The predicted molar refractivity (Wildman–Crippen MR) is 73.1 cm³/mol. The van der Waals surface area contributed by atoms with Gasteiger partial charge in [-0.2, -0.15) is 0 Å². The van der Waals surface area contributed by atoms with E-state index in [9.17, 15) is 4.79 Å². The molecule has 4 heteroatoms. The lowest BCUT2D eigenvalue weighted by Crippen LogP contribution is -2.30. The van der Waals surface area contributed by atoms with E-state index >= 15 is 0 Å². The van der Waals surface area contributed by atoms with Crippen LogP contribution in [0.1, 0.15) is 11.5 Å². The molecule has 0 saturated carbocycles. The Bertz CT molecular complexity index is 512. The van der Waals surface area contributed by atoms with E-state index in [4.69, 9.17) is 5.73 Å². The SMILES string of the molecule is NC(=O)C1SC2C=CC=CC2C1c1ccncc1. The number of aromatic nitrogens is 1. The largest absolute Gasteiger partial charge is 0.369 e. The smallest absolute Gasteiger partial charge is 0.231 e. The molecule has 0 spiro atoms. The monoisotopic (exact) mass is 258 g/mol. The van der Waals surface area contributed by atoms with Crippen LogP contribution in [0.4, 0.5) is 0 Å². The molecule has 2 aliphatic rings. The summed E-state index contributed by atoms with van der Waals surface area (Å²) >= 11 is 1.67. The van der Waals surface area contributed by atoms with Crippen molar-refractivity contribution in [1.29, 1.82) is 0 Å². The Balaban J connectivity index is 2.00. The van der Waals surface area contributed by atoms with E-state index in [2.05, 4.69) is 23.2 Å². The second-order valence-electron chi connectivity index (χ2n) is 4.58. The van der Waals surface area contributed by atoms with Gasteiger partial charge in [0.2, 0.25) is 5.91 Å². The van der Waals surface area contributed by atoms with Crippen molar-refractivity contribution < 1.29 is 4.79 Å². The molecule has 4 atom stereocenters. The maximum absolute atomic E-state index is 11.7. The van der Waals surface area contributed by atoms with Crippen molar-refractivity contribution in [3.63, 3.8) is 0 Å². The lowest BCUT2D eigenvalue weighted by Gasteiger charge is -2.22. The number of allylic oxidation sites excluding steroid dienone is 3. The molecule has 18 heavy (non-hydrogen) atoms. The topological polar surface area (TPSA) is 56.0 Å². The van der Waals surface area contributed by atoms with Gasteiger partial charge < -0.3 is 5.73 Å². The number of primary amides is 1. The van der Waals surface area contributed by atoms with E-state index in [1.165, 1.54) is 0 Å². The van der Waals surface area contributed by atoms with Crippen molar-refractivity contribution in [2.24, 2.45) is 11.7 Å². The molecule has 1 aliphatic carbocycles. The lowest BCUT2D eigenvalue weighted by atomic mass is 9.80. The van der Waals surface area contributed by atoms with Gasteiger partial charge in [0.15, 0.2) is 0 Å². The van der Waals surface area contributed by atoms with Crippen LogP contribution >= 0.6 is 11.8 Å². The molecule has 1 amide bonds. The van der Waals surface area contributed by atoms with Crippen LogP contribution in [0.2, 0.25) is 0 Å². The number of carbonyl (C=O) groups excluding carboxylic acids is 1. The fourth-order valence-corrected chi connectivity index (χ4v) is 4.35. The third kappa shape index (κ3) is 1.86. The van der Waals surface area contributed by atoms with Crippen LogP contribution in [0.5, 0.6) is 0 Å². The molecule has 0 aromatic carbocycles. The van der Waals surface area contributed by atoms with Crippen LogP contribution in [-0.4, -0.2) is 21.4 Å². The third-order valence-corrected chi connectivity index (χ3v) is 5.15. The lowest BCUT2D eigenvalue weighted by molar-refractivity contribution is -0.117. The van der Waals surface area contributed by atoms with Gasteiger partial charge in [-0.15, -0.1) is 11.8 Å². The second kappa shape index (κ2) is 4.61. The van der Waals surface area contributed by atoms with E-state index in [1.54, 1.807) is 24.2 Å². The highest BCUT2D eigenvalue weighted by Crippen LogP contribution is 2.50. The first kappa shape index (κ1) is 11.5. The van der Waals surface area contributed by atoms with E-state index < -0.39 is 0 Å². The second-order valence-corrected chi connectivity index (χ2v) is 5.90. The number of thioether (sulfide) groups is 1. The molecule has 1 fully saturated rings. The minimum absolute atomic E-state index is 0.154. The van der Waals surface area contributed by atoms with Crippen molar-refractivity contribution in [2.75, 3.05) is 0 Å². The third-order valence-electron chi connectivity index (χ3n) is 3.54. The number of fused-ring (bicyclic) bond motifs is 1. The Labute approximate surface area is 110 Å². The number of pyridine rings is 1. The summed E-state index contributed by atoms with van der Waals surface area (Å²) in [6, 6.07) is 3.96. The Morgan fingerprint density at radius 2 is 1.94 bits per heavy atom. The van der Waals surface area contributed by atoms with Crippen molar-refractivity contribution >= 4 is 17.7 Å². The first-order valence-electron chi connectivity index (χ1n) is 5.97. The van der Waals surface area contributed by atoms with Crippen molar-refractivity contribution in [3.8, 4) is 0 Å². The molecule has 0 radical (unpaired) electrons. The van der Waals surface area contributed by atoms with Gasteiger partial charge in [0.25, 0.3) is 0 Å². The molecule has 2 heterocycles. The minimum atomic E-state index is -0.224. The van der Waals surface area contributed by atoms with Crippen LogP contribution in [0.3, 0.4) is 0 Å². The van der Waals surface area contributed by atoms with Gasteiger partial charge in [0.1, 0.15) is 0 Å². The minimum Gasteiger partial charge on any atom is -0.369 e. The quantitative estimate of drug-likeness (QED) is 0.881. The highest BCUT2D eigenvalue weighted by molar-refractivity contribution is 8.01. The first-order chi connectivity index (χ1) is 8.77. The molecule has 2 N–H and O–H groups in total. The molecule has 1 aromatic heterocycles. The fourth-order valence-electron chi connectivity index (χ4n) is 2.75. The zero-order chi connectivity index (χ0) is 12.5. The van der Waals surface area contributed by atoms with Crippen molar-refractivity contribution in [3.05, 3.63) is 54.4 Å². The van der Waals surface area contributed by atoms with E-state index in [1.807, 2.05) is 18.2 Å². The number of amides is 1. The van der Waals surface area contributed by atoms with Gasteiger partial charge in [-0.05, 0) is 17.7 Å². The van der Waals surface area contributed by atoms with Gasteiger partial charge in [-0.1, -0.05) is 24.3 Å². The molecule has 1 saturated heterocycles. The Morgan fingerprint density at radius 3 is 2.67 bits per heavy atom. The molecular formula is C14H14N2OS. The van der Waals surface area contributed by atoms with Gasteiger partial charge in [0.05, 0.1) is 5.25 Å². The molecule has 3 nitrogen and oxygen atoms in total. The van der Waals surface area contributed by atoms with Gasteiger partial charge in [0, 0.05) is 29.5 Å². The molecule has 1 aromatic rings. The molecular weight excluding hydrogens is 244 g/mol. The Morgan fingerprint density at radius 1 is 1.22 bits per heavy atom. The zero-order valence-electron chi connectivity index (χ0n) is 9.77. The van der Waals surface area contributed by atoms with E-state index in [0.717, 1.165) is 5.56 Å². The summed E-state index contributed by atoms with van der Waals surface area (Å²) in [6.45, 7) is 0. The Kier molecular flexibility index (Phi) is 2.96. The summed E-state index contributed by atoms with van der Waals surface area (Å²) < 4.78 is 0. The molecule has 0 bridgehead atoms. The average Bonchev–Trinajstić information content (AvgIpc) is 2.79. The molecule has 4 unspecified atom stereocenters. The maximum atomic E-state index is 11.7. The van der Waals surface area contributed by atoms with E-state index in [0.29, 0.717) is 11.2 Å². The van der Waals surface area contributed by atoms with Crippen LogP contribution in [0, 0.1) is 5.92 Å². The summed E-state index contributed by atoms with van der Waals surface area (Å²) in [5.74, 6) is 0.277. The molecule has 92 valence electrons. The van der Waals surface area contributed by atoms with Gasteiger partial charge in [-0.25, -0.2) is 0 Å². The van der Waals surface area contributed by atoms with Crippen LogP contribution in [0.15, 0.2) is 48.8 Å². The fraction of sp³-hybridized carbons (Fsp3) is 0.286. The van der Waals surface area contributed by atoms with E-state index in [-0.39, 0.29) is 17.1 Å². The maximum Gasteiger partial charge on any atom is 0.231 e. The summed E-state index contributed by atoms with van der Waals surface area (Å²) in [5, 5.41) is 0.195. The number of nitrogens with zero attached hydrogens (tertiary/aromatic N) is 1. The average molecular weight is 258 g/mol. The highest BCUT2D eigenvalue weighted by atomic mass is 32.2. The number of rotatable bonds is 2. The number of hydrogen-bond donors (Lipinski definition) is 1. The summed E-state index contributed by atoms with van der Waals surface area (Å²) in [5.41, 5.74) is 6.70. The molecule has 1 aliphatic heterocycles. The normalized spacial score (nSPS) is 33.3. The summed E-state index contributed by atoms with van der Waals surface area (Å²) in [4.78, 5) is 15.7. The Hall–Kier alpha value is -1.55. The first-order valence-corrected chi connectivity index (χ1v) is 6.91. The van der Waals surface area contributed by atoms with Crippen molar-refractivity contribution in [1.82, 2.24) is 4.98 Å². The number of carbonyl (C=O) groups is 1. The highest BCUT2D eigenvalue weighted by Gasteiger charge is 2.45. The summed E-state index contributed by atoms with van der Waals surface area (Å²) in [7, 11) is 0. The van der Waals surface area contributed by atoms with Gasteiger partial charge in [-0.3, -0.25) is 9.78 Å². The molecule has 3 rings (SSSR count). The van der Waals surface area contributed by atoms with Crippen LogP contribution in [-0.2, 0) is 4.79 Å². The predicted octanol–water partition coefficient (Wildman–Crippen LogP) is 1.88. The zero-order valence-corrected chi connectivity index (χ0v) is 10.6. The summed E-state index contributed by atoms with van der Waals surface area (Å²) in [6.07, 6.45) is 12.0. The van der Waals surface area contributed by atoms with Crippen molar-refractivity contribution in [2.45, 2.75) is 16.4 Å². The standard InChI is InChI=1S/C14H14N2OS/c15-14(17)13-12(9-5-7-16-8-6-9)10-3-1-2-4-11(10)18-13/h1-8,10-13H,(H2,15,17). The van der Waals surface area contributed by atoms with Crippen LogP contribution < -0.4 is 5.73 Å².